The molecule has 0 aliphatic carbocycles. The molecule has 0 saturated heterocycles. The summed E-state index contributed by atoms with van der Waals surface area (Å²) < 4.78 is 5.17. The van der Waals surface area contributed by atoms with Gasteiger partial charge in [0.2, 0.25) is 5.95 Å². The van der Waals surface area contributed by atoms with Crippen LogP contribution in [0.25, 0.3) is 11.3 Å². The van der Waals surface area contributed by atoms with Crippen LogP contribution in [0.3, 0.4) is 0 Å². The normalized spacial score (nSPS) is 10.0. The van der Waals surface area contributed by atoms with Crippen LogP contribution in [0, 0.1) is 0 Å². The summed E-state index contributed by atoms with van der Waals surface area (Å²) in [6, 6.07) is 3.26. The number of nitrogens with two attached hydrogens (primary N) is 1. The van der Waals surface area contributed by atoms with Crippen LogP contribution in [0.2, 0.25) is 0 Å². The van der Waals surface area contributed by atoms with Crippen molar-refractivity contribution in [2.24, 2.45) is 0 Å². The van der Waals surface area contributed by atoms with Gasteiger partial charge in [0.25, 0.3) is 0 Å². The summed E-state index contributed by atoms with van der Waals surface area (Å²) in [5.74, 6) is 1.03. The molecule has 0 atom stereocenters. The molecule has 0 bridgehead atoms. The molecule has 14 heavy (non-hydrogen) atoms. The fourth-order valence-corrected chi connectivity index (χ4v) is 1.04. The van der Waals surface area contributed by atoms with Gasteiger partial charge < -0.3 is 10.2 Å². The van der Waals surface area contributed by atoms with Crippen LogP contribution in [0.15, 0.2) is 28.9 Å². The van der Waals surface area contributed by atoms with Gasteiger partial charge in [0.15, 0.2) is 12.0 Å². The van der Waals surface area contributed by atoms with E-state index in [0.29, 0.717) is 17.6 Å². The SMILES string of the molecule is Nc1ncc(-c2ccc(C=O)o2)cn1. The van der Waals surface area contributed by atoms with Crippen molar-refractivity contribution in [1.29, 1.82) is 0 Å². The van der Waals surface area contributed by atoms with Crippen LogP contribution in [-0.4, -0.2) is 16.3 Å². The Hall–Kier alpha value is -2.17. The first-order valence-corrected chi connectivity index (χ1v) is 3.92. The van der Waals surface area contributed by atoms with Crippen molar-refractivity contribution in [2.45, 2.75) is 0 Å². The van der Waals surface area contributed by atoms with E-state index in [0.717, 1.165) is 0 Å². The molecular weight excluding hydrogens is 182 g/mol. The van der Waals surface area contributed by atoms with Crippen LogP contribution >= 0.6 is 0 Å². The van der Waals surface area contributed by atoms with E-state index in [1.165, 1.54) is 12.4 Å². The fourth-order valence-electron chi connectivity index (χ4n) is 1.04. The Balaban J connectivity index is 2.39. The molecule has 0 unspecified atom stereocenters. The summed E-state index contributed by atoms with van der Waals surface area (Å²) in [5, 5.41) is 0. The van der Waals surface area contributed by atoms with E-state index in [9.17, 15) is 4.79 Å². The number of rotatable bonds is 2. The van der Waals surface area contributed by atoms with Crippen LogP contribution in [0.1, 0.15) is 10.6 Å². The number of furan rings is 1. The largest absolute Gasteiger partial charge is 0.453 e. The quantitative estimate of drug-likeness (QED) is 0.716. The highest BCUT2D eigenvalue weighted by Gasteiger charge is 2.04. The lowest BCUT2D eigenvalue weighted by Crippen LogP contribution is -1.92. The number of aldehydes is 1. The highest BCUT2D eigenvalue weighted by Crippen LogP contribution is 2.19. The second kappa shape index (κ2) is 3.29. The highest BCUT2D eigenvalue weighted by atomic mass is 16.3. The molecule has 0 radical (unpaired) electrons. The molecule has 0 amide bonds. The first kappa shape index (κ1) is 8.43. The second-order valence-corrected chi connectivity index (χ2v) is 2.65. The van der Waals surface area contributed by atoms with E-state index in [4.69, 9.17) is 10.2 Å². The summed E-state index contributed by atoms with van der Waals surface area (Å²) >= 11 is 0. The number of hydrogen-bond donors (Lipinski definition) is 1. The molecule has 2 aromatic rings. The maximum Gasteiger partial charge on any atom is 0.219 e. The lowest BCUT2D eigenvalue weighted by atomic mass is 10.3. The van der Waals surface area contributed by atoms with Gasteiger partial charge in [-0.3, -0.25) is 4.79 Å². The lowest BCUT2D eigenvalue weighted by Gasteiger charge is -1.94. The average molecular weight is 189 g/mol. The predicted octanol–water partition coefficient (Wildman–Crippen LogP) is 1.13. The molecule has 0 aliphatic rings. The molecule has 0 aromatic carbocycles. The average Bonchev–Trinajstić information content (AvgIpc) is 2.67. The molecule has 0 spiro atoms. The Morgan fingerprint density at radius 2 is 2.00 bits per heavy atom. The Morgan fingerprint density at radius 1 is 1.29 bits per heavy atom. The third-order valence-corrected chi connectivity index (χ3v) is 1.70. The van der Waals surface area contributed by atoms with Gasteiger partial charge in [-0.2, -0.15) is 0 Å². The van der Waals surface area contributed by atoms with E-state index >= 15 is 0 Å². The molecular formula is C9H7N3O2. The molecule has 5 nitrogen and oxygen atoms in total. The maximum absolute atomic E-state index is 10.4. The van der Waals surface area contributed by atoms with E-state index in [1.54, 1.807) is 12.1 Å². The molecule has 2 aromatic heterocycles. The van der Waals surface area contributed by atoms with Crippen LogP contribution < -0.4 is 5.73 Å². The number of carbonyl (C=O) groups excluding carboxylic acids is 1. The smallest absolute Gasteiger partial charge is 0.219 e. The lowest BCUT2D eigenvalue weighted by molar-refractivity contribution is 0.110. The number of nitrogen functional groups attached to an aromatic ring is 1. The minimum Gasteiger partial charge on any atom is -0.453 e. The standard InChI is InChI=1S/C9H7N3O2/c10-9-11-3-6(4-12-9)8-2-1-7(5-13)14-8/h1-5H,(H2,10,11,12). The summed E-state index contributed by atoms with van der Waals surface area (Å²) in [4.78, 5) is 18.0. The molecule has 2 N–H and O–H groups in total. The predicted molar refractivity (Wildman–Crippen MR) is 49.5 cm³/mol. The molecule has 2 rings (SSSR count). The number of nitrogens with zero attached hydrogens (tertiary/aromatic N) is 2. The van der Waals surface area contributed by atoms with Crippen molar-refractivity contribution >= 4 is 12.2 Å². The van der Waals surface area contributed by atoms with Crippen LogP contribution in [0.5, 0.6) is 0 Å². The molecule has 5 heteroatoms. The van der Waals surface area contributed by atoms with E-state index in [-0.39, 0.29) is 11.7 Å². The van der Waals surface area contributed by atoms with Gasteiger partial charge in [-0.05, 0) is 12.1 Å². The van der Waals surface area contributed by atoms with Crippen molar-refractivity contribution in [3.05, 3.63) is 30.3 Å². The number of carbonyl (C=O) groups is 1. The van der Waals surface area contributed by atoms with E-state index in [1.807, 2.05) is 0 Å². The van der Waals surface area contributed by atoms with Crippen molar-refractivity contribution < 1.29 is 9.21 Å². The zero-order valence-corrected chi connectivity index (χ0v) is 7.18. The first-order chi connectivity index (χ1) is 6.79. The van der Waals surface area contributed by atoms with Crippen molar-refractivity contribution in [1.82, 2.24) is 9.97 Å². The molecule has 0 saturated carbocycles. The maximum atomic E-state index is 10.4. The minimum atomic E-state index is 0.205. The molecule has 70 valence electrons. The van der Waals surface area contributed by atoms with Crippen molar-refractivity contribution in [3.8, 4) is 11.3 Å². The fraction of sp³-hybridized carbons (Fsp3) is 0. The third kappa shape index (κ3) is 1.47. The zero-order chi connectivity index (χ0) is 9.97. The number of anilines is 1. The number of hydrogen-bond acceptors (Lipinski definition) is 5. The van der Waals surface area contributed by atoms with Gasteiger partial charge in [-0.1, -0.05) is 0 Å². The first-order valence-electron chi connectivity index (χ1n) is 3.92. The van der Waals surface area contributed by atoms with Gasteiger partial charge in [-0.15, -0.1) is 0 Å². The number of aromatic nitrogens is 2. The third-order valence-electron chi connectivity index (χ3n) is 1.70. The summed E-state index contributed by atoms with van der Waals surface area (Å²) in [6.07, 6.45) is 3.72. The molecule has 2 heterocycles. The molecule has 0 fully saturated rings. The second-order valence-electron chi connectivity index (χ2n) is 2.65. The van der Waals surface area contributed by atoms with Gasteiger partial charge in [-0.25, -0.2) is 9.97 Å². The Kier molecular flexibility index (Phi) is 1.98. The Labute approximate surface area is 79.6 Å². The summed E-state index contributed by atoms with van der Waals surface area (Å²) in [7, 11) is 0. The minimum absolute atomic E-state index is 0.205. The highest BCUT2D eigenvalue weighted by molar-refractivity contribution is 5.72. The van der Waals surface area contributed by atoms with E-state index < -0.39 is 0 Å². The Bertz CT molecular complexity index is 447. The van der Waals surface area contributed by atoms with Crippen LogP contribution in [0.4, 0.5) is 5.95 Å². The summed E-state index contributed by atoms with van der Waals surface area (Å²) in [5.41, 5.74) is 6.01. The molecule has 0 aliphatic heterocycles. The zero-order valence-electron chi connectivity index (χ0n) is 7.18. The van der Waals surface area contributed by atoms with Gasteiger partial charge >= 0.3 is 0 Å². The van der Waals surface area contributed by atoms with Crippen molar-refractivity contribution in [2.75, 3.05) is 5.73 Å². The van der Waals surface area contributed by atoms with Gasteiger partial charge in [0.1, 0.15) is 5.76 Å². The summed E-state index contributed by atoms with van der Waals surface area (Å²) in [6.45, 7) is 0. The topological polar surface area (TPSA) is 82.0 Å². The monoisotopic (exact) mass is 189 g/mol. The van der Waals surface area contributed by atoms with Gasteiger partial charge in [0, 0.05) is 12.4 Å². The van der Waals surface area contributed by atoms with Crippen molar-refractivity contribution in [3.63, 3.8) is 0 Å². The van der Waals surface area contributed by atoms with Gasteiger partial charge in [0.05, 0.1) is 5.56 Å². The van der Waals surface area contributed by atoms with E-state index in [2.05, 4.69) is 9.97 Å². The van der Waals surface area contributed by atoms with Crippen LogP contribution in [-0.2, 0) is 0 Å². The Morgan fingerprint density at radius 3 is 2.57 bits per heavy atom.